The SMILES string of the molecule is CCCC1(C)CCN(C(=O)N(C(C)C)C(C)C)CC1. The molecule has 19 heavy (non-hydrogen) atoms. The second-order valence-electron chi connectivity index (χ2n) is 6.93. The first kappa shape index (κ1) is 16.3. The number of urea groups is 1. The quantitative estimate of drug-likeness (QED) is 0.752. The van der Waals surface area contributed by atoms with Crippen LogP contribution < -0.4 is 0 Å². The molecule has 0 radical (unpaired) electrons. The smallest absolute Gasteiger partial charge is 0.320 e. The van der Waals surface area contributed by atoms with Crippen molar-refractivity contribution in [3.05, 3.63) is 0 Å². The molecular weight excluding hydrogens is 236 g/mol. The van der Waals surface area contributed by atoms with Gasteiger partial charge >= 0.3 is 6.03 Å². The van der Waals surface area contributed by atoms with Gasteiger partial charge < -0.3 is 9.80 Å². The van der Waals surface area contributed by atoms with E-state index in [0.29, 0.717) is 5.41 Å². The minimum absolute atomic E-state index is 0.226. The van der Waals surface area contributed by atoms with E-state index in [-0.39, 0.29) is 18.1 Å². The van der Waals surface area contributed by atoms with E-state index in [2.05, 4.69) is 46.4 Å². The summed E-state index contributed by atoms with van der Waals surface area (Å²) >= 11 is 0. The summed E-state index contributed by atoms with van der Waals surface area (Å²) in [4.78, 5) is 16.7. The van der Waals surface area contributed by atoms with Gasteiger partial charge in [0.05, 0.1) is 0 Å². The normalized spacial score (nSPS) is 19.1. The van der Waals surface area contributed by atoms with Crippen molar-refractivity contribution in [2.24, 2.45) is 5.41 Å². The summed E-state index contributed by atoms with van der Waals surface area (Å²) < 4.78 is 0. The van der Waals surface area contributed by atoms with E-state index in [1.54, 1.807) is 0 Å². The van der Waals surface area contributed by atoms with Gasteiger partial charge in [-0.2, -0.15) is 0 Å². The topological polar surface area (TPSA) is 23.6 Å². The Bertz CT molecular complexity index is 283. The zero-order valence-electron chi connectivity index (χ0n) is 13.7. The number of carbonyl (C=O) groups excluding carboxylic acids is 1. The van der Waals surface area contributed by atoms with E-state index in [4.69, 9.17) is 0 Å². The minimum atomic E-state index is 0.226. The highest BCUT2D eigenvalue weighted by molar-refractivity contribution is 5.75. The lowest BCUT2D eigenvalue weighted by atomic mass is 9.77. The Morgan fingerprint density at radius 2 is 1.63 bits per heavy atom. The molecule has 1 heterocycles. The van der Waals surface area contributed by atoms with E-state index in [0.717, 1.165) is 25.9 Å². The Morgan fingerprint density at radius 1 is 1.16 bits per heavy atom. The molecular formula is C16H32N2O. The summed E-state index contributed by atoms with van der Waals surface area (Å²) in [6.07, 6.45) is 4.83. The van der Waals surface area contributed by atoms with Crippen LogP contribution in [0.1, 0.15) is 67.2 Å². The number of hydrogen-bond acceptors (Lipinski definition) is 1. The fourth-order valence-electron chi connectivity index (χ4n) is 3.29. The molecule has 0 saturated carbocycles. The summed E-state index contributed by atoms with van der Waals surface area (Å²) in [5.74, 6) is 0. The fraction of sp³-hybridized carbons (Fsp3) is 0.938. The molecule has 1 saturated heterocycles. The average molecular weight is 268 g/mol. The molecule has 1 aliphatic heterocycles. The highest BCUT2D eigenvalue weighted by Gasteiger charge is 2.33. The Hall–Kier alpha value is -0.730. The summed E-state index contributed by atoms with van der Waals surface area (Å²) in [7, 11) is 0. The van der Waals surface area contributed by atoms with Gasteiger partial charge in [-0.1, -0.05) is 20.3 Å². The van der Waals surface area contributed by atoms with Gasteiger partial charge in [0.1, 0.15) is 0 Å². The number of likely N-dealkylation sites (tertiary alicyclic amines) is 1. The van der Waals surface area contributed by atoms with Gasteiger partial charge in [-0.05, 0) is 52.4 Å². The van der Waals surface area contributed by atoms with Gasteiger partial charge in [-0.15, -0.1) is 0 Å². The summed E-state index contributed by atoms with van der Waals surface area (Å²) in [6, 6.07) is 0.774. The molecule has 2 amide bonds. The van der Waals surface area contributed by atoms with Gasteiger partial charge in [0.15, 0.2) is 0 Å². The van der Waals surface area contributed by atoms with Crippen molar-refractivity contribution in [2.75, 3.05) is 13.1 Å². The Labute approximate surface area is 119 Å². The lowest BCUT2D eigenvalue weighted by Gasteiger charge is -2.43. The van der Waals surface area contributed by atoms with Crippen LogP contribution in [0.3, 0.4) is 0 Å². The van der Waals surface area contributed by atoms with Gasteiger partial charge in [0.25, 0.3) is 0 Å². The van der Waals surface area contributed by atoms with Crippen LogP contribution in [0.25, 0.3) is 0 Å². The third kappa shape index (κ3) is 4.12. The van der Waals surface area contributed by atoms with Crippen molar-refractivity contribution in [3.63, 3.8) is 0 Å². The predicted molar refractivity (Wildman–Crippen MR) is 81.3 cm³/mol. The van der Waals surface area contributed by atoms with Crippen molar-refractivity contribution in [1.29, 1.82) is 0 Å². The number of nitrogens with zero attached hydrogens (tertiary/aromatic N) is 2. The first-order chi connectivity index (χ1) is 8.80. The Morgan fingerprint density at radius 3 is 2.00 bits per heavy atom. The molecule has 0 N–H and O–H groups in total. The molecule has 0 atom stereocenters. The molecule has 112 valence electrons. The number of rotatable bonds is 4. The first-order valence-electron chi connectivity index (χ1n) is 7.88. The lowest BCUT2D eigenvalue weighted by molar-refractivity contribution is 0.0846. The standard InChI is InChI=1S/C16H32N2O/c1-7-8-16(6)9-11-17(12-10-16)15(19)18(13(2)3)14(4)5/h13-14H,7-12H2,1-6H3. The molecule has 1 rings (SSSR count). The maximum absolute atomic E-state index is 12.6. The number of amides is 2. The molecule has 0 aromatic rings. The van der Waals surface area contributed by atoms with E-state index in [9.17, 15) is 4.79 Å². The summed E-state index contributed by atoms with van der Waals surface area (Å²) in [5.41, 5.74) is 0.450. The van der Waals surface area contributed by atoms with Gasteiger partial charge in [0, 0.05) is 25.2 Å². The first-order valence-corrected chi connectivity index (χ1v) is 7.88. The van der Waals surface area contributed by atoms with E-state index in [1.165, 1.54) is 12.8 Å². The maximum Gasteiger partial charge on any atom is 0.320 e. The zero-order valence-corrected chi connectivity index (χ0v) is 13.7. The van der Waals surface area contributed by atoms with Crippen LogP contribution in [-0.2, 0) is 0 Å². The van der Waals surface area contributed by atoms with E-state index >= 15 is 0 Å². The molecule has 0 bridgehead atoms. The Kier molecular flexibility index (Phi) is 5.69. The molecule has 3 nitrogen and oxygen atoms in total. The number of hydrogen-bond donors (Lipinski definition) is 0. The minimum Gasteiger partial charge on any atom is -0.325 e. The average Bonchev–Trinajstić information content (AvgIpc) is 2.28. The number of piperidine rings is 1. The molecule has 0 aromatic heterocycles. The van der Waals surface area contributed by atoms with Crippen molar-refractivity contribution in [2.45, 2.75) is 79.3 Å². The highest BCUT2D eigenvalue weighted by atomic mass is 16.2. The third-order valence-electron chi connectivity index (χ3n) is 4.43. The van der Waals surface area contributed by atoms with E-state index < -0.39 is 0 Å². The van der Waals surface area contributed by atoms with Gasteiger partial charge in [-0.25, -0.2) is 4.79 Å². The highest BCUT2D eigenvalue weighted by Crippen LogP contribution is 2.35. The van der Waals surface area contributed by atoms with Crippen LogP contribution >= 0.6 is 0 Å². The monoisotopic (exact) mass is 268 g/mol. The summed E-state index contributed by atoms with van der Waals surface area (Å²) in [6.45, 7) is 14.9. The van der Waals surface area contributed by atoms with Crippen LogP contribution in [0.4, 0.5) is 4.79 Å². The zero-order chi connectivity index (χ0) is 14.6. The molecule has 0 spiro atoms. The van der Waals surface area contributed by atoms with Crippen molar-refractivity contribution in [3.8, 4) is 0 Å². The van der Waals surface area contributed by atoms with Gasteiger partial charge in [-0.3, -0.25) is 0 Å². The molecule has 0 aromatic carbocycles. The maximum atomic E-state index is 12.6. The van der Waals surface area contributed by atoms with Crippen LogP contribution in [0.5, 0.6) is 0 Å². The summed E-state index contributed by atoms with van der Waals surface area (Å²) in [5, 5.41) is 0. The molecule has 0 aliphatic carbocycles. The molecule has 1 fully saturated rings. The van der Waals surface area contributed by atoms with Gasteiger partial charge in [0.2, 0.25) is 0 Å². The van der Waals surface area contributed by atoms with Crippen LogP contribution in [0.15, 0.2) is 0 Å². The number of carbonyl (C=O) groups is 1. The predicted octanol–water partition coefficient (Wildman–Crippen LogP) is 4.13. The molecule has 0 unspecified atom stereocenters. The second kappa shape index (κ2) is 6.62. The van der Waals surface area contributed by atoms with E-state index in [1.807, 2.05) is 4.90 Å². The lowest BCUT2D eigenvalue weighted by Crippen LogP contribution is -2.52. The van der Waals surface area contributed by atoms with Crippen molar-refractivity contribution in [1.82, 2.24) is 9.80 Å². The van der Waals surface area contributed by atoms with Crippen LogP contribution in [-0.4, -0.2) is 41.0 Å². The van der Waals surface area contributed by atoms with Crippen LogP contribution in [0, 0.1) is 5.41 Å². The second-order valence-corrected chi connectivity index (χ2v) is 6.93. The molecule has 1 aliphatic rings. The van der Waals surface area contributed by atoms with Crippen molar-refractivity contribution >= 4 is 6.03 Å². The third-order valence-corrected chi connectivity index (χ3v) is 4.43. The van der Waals surface area contributed by atoms with Crippen LogP contribution in [0.2, 0.25) is 0 Å². The van der Waals surface area contributed by atoms with Crippen molar-refractivity contribution < 1.29 is 4.79 Å². The Balaban J connectivity index is 2.61. The largest absolute Gasteiger partial charge is 0.325 e. The molecule has 3 heteroatoms. The fourth-order valence-corrected chi connectivity index (χ4v) is 3.29.